The second-order valence-corrected chi connectivity index (χ2v) is 5.92. The first kappa shape index (κ1) is 13.1. The summed E-state index contributed by atoms with van der Waals surface area (Å²) in [7, 11) is 0. The van der Waals surface area contributed by atoms with Crippen molar-refractivity contribution >= 4 is 11.8 Å². The van der Waals surface area contributed by atoms with Gasteiger partial charge >= 0.3 is 0 Å². The number of anilines is 2. The molecule has 1 unspecified atom stereocenters. The van der Waals surface area contributed by atoms with Crippen LogP contribution in [0.4, 0.5) is 11.8 Å². The molecule has 1 aliphatic carbocycles. The van der Waals surface area contributed by atoms with Gasteiger partial charge in [-0.15, -0.1) is 0 Å². The van der Waals surface area contributed by atoms with Crippen LogP contribution < -0.4 is 10.6 Å². The van der Waals surface area contributed by atoms with Crippen LogP contribution in [0, 0.1) is 18.3 Å². The summed E-state index contributed by atoms with van der Waals surface area (Å²) < 4.78 is 0. The van der Waals surface area contributed by atoms with Crippen molar-refractivity contribution in [2.75, 3.05) is 23.7 Å². The predicted octanol–water partition coefficient (Wildman–Crippen LogP) is 3.06. The minimum absolute atomic E-state index is 0.511. The number of hydrogen-bond donors (Lipinski definition) is 2. The van der Waals surface area contributed by atoms with Gasteiger partial charge in [0.25, 0.3) is 0 Å². The van der Waals surface area contributed by atoms with Crippen LogP contribution in [0.15, 0.2) is 6.20 Å². The van der Waals surface area contributed by atoms with Gasteiger partial charge in [-0.2, -0.15) is 4.98 Å². The topological polar surface area (TPSA) is 49.8 Å². The van der Waals surface area contributed by atoms with E-state index in [1.807, 2.05) is 13.1 Å². The quantitative estimate of drug-likeness (QED) is 0.812. The van der Waals surface area contributed by atoms with Gasteiger partial charge in [0, 0.05) is 24.8 Å². The lowest BCUT2D eigenvalue weighted by Crippen LogP contribution is -2.12. The van der Waals surface area contributed by atoms with Gasteiger partial charge in [0.1, 0.15) is 5.82 Å². The van der Waals surface area contributed by atoms with Crippen molar-refractivity contribution in [1.82, 2.24) is 9.97 Å². The third-order valence-corrected chi connectivity index (χ3v) is 3.74. The van der Waals surface area contributed by atoms with E-state index in [0.717, 1.165) is 42.8 Å². The Balaban J connectivity index is 1.94. The Morgan fingerprint density at radius 1 is 1.39 bits per heavy atom. The molecule has 1 aromatic rings. The largest absolute Gasteiger partial charge is 0.369 e. The van der Waals surface area contributed by atoms with Crippen molar-refractivity contribution in [3.8, 4) is 0 Å². The van der Waals surface area contributed by atoms with Crippen LogP contribution in [-0.4, -0.2) is 23.1 Å². The molecule has 18 heavy (non-hydrogen) atoms. The van der Waals surface area contributed by atoms with E-state index < -0.39 is 0 Å². The zero-order chi connectivity index (χ0) is 13.2. The SMILES string of the molecule is CCCNc1ncc(C)c(NCC2CC2(C)C)n1. The zero-order valence-corrected chi connectivity index (χ0v) is 11.9. The number of nitrogens with one attached hydrogen (secondary N) is 2. The molecule has 1 aliphatic rings. The van der Waals surface area contributed by atoms with E-state index in [4.69, 9.17) is 0 Å². The first-order valence-electron chi connectivity index (χ1n) is 6.84. The molecule has 4 nitrogen and oxygen atoms in total. The average Bonchev–Trinajstić information content (AvgIpc) is 2.94. The van der Waals surface area contributed by atoms with Gasteiger partial charge in [-0.1, -0.05) is 20.8 Å². The summed E-state index contributed by atoms with van der Waals surface area (Å²) >= 11 is 0. The smallest absolute Gasteiger partial charge is 0.224 e. The van der Waals surface area contributed by atoms with Crippen LogP contribution in [0.2, 0.25) is 0 Å². The Kier molecular flexibility index (Phi) is 3.73. The van der Waals surface area contributed by atoms with Crippen molar-refractivity contribution in [2.24, 2.45) is 11.3 Å². The van der Waals surface area contributed by atoms with E-state index in [1.54, 1.807) is 0 Å². The maximum Gasteiger partial charge on any atom is 0.224 e. The molecule has 2 N–H and O–H groups in total. The molecule has 0 bridgehead atoms. The Morgan fingerprint density at radius 3 is 2.72 bits per heavy atom. The Hall–Kier alpha value is -1.32. The summed E-state index contributed by atoms with van der Waals surface area (Å²) in [6.45, 7) is 10.7. The minimum Gasteiger partial charge on any atom is -0.369 e. The third-order valence-electron chi connectivity index (χ3n) is 3.74. The first-order chi connectivity index (χ1) is 8.53. The highest BCUT2D eigenvalue weighted by Crippen LogP contribution is 2.51. The van der Waals surface area contributed by atoms with Crippen molar-refractivity contribution in [1.29, 1.82) is 0 Å². The predicted molar refractivity (Wildman–Crippen MR) is 75.9 cm³/mol. The molecule has 0 aromatic carbocycles. The first-order valence-corrected chi connectivity index (χ1v) is 6.84. The highest BCUT2D eigenvalue weighted by molar-refractivity contribution is 5.46. The molecular formula is C14H24N4. The van der Waals surface area contributed by atoms with Crippen LogP contribution in [0.5, 0.6) is 0 Å². The molecule has 1 atom stereocenters. The fourth-order valence-electron chi connectivity index (χ4n) is 2.09. The molecule has 1 heterocycles. The minimum atomic E-state index is 0.511. The maximum atomic E-state index is 4.52. The van der Waals surface area contributed by atoms with Crippen LogP contribution in [0.25, 0.3) is 0 Å². The molecule has 4 heteroatoms. The molecule has 2 rings (SSSR count). The van der Waals surface area contributed by atoms with E-state index >= 15 is 0 Å². The molecule has 0 spiro atoms. The summed E-state index contributed by atoms with van der Waals surface area (Å²) in [5, 5.41) is 6.68. The second-order valence-electron chi connectivity index (χ2n) is 5.92. The molecule has 0 radical (unpaired) electrons. The summed E-state index contributed by atoms with van der Waals surface area (Å²) in [6, 6.07) is 0. The number of rotatable bonds is 6. The third kappa shape index (κ3) is 3.12. The van der Waals surface area contributed by atoms with E-state index in [9.17, 15) is 0 Å². The highest BCUT2D eigenvalue weighted by atomic mass is 15.1. The van der Waals surface area contributed by atoms with Crippen LogP contribution in [0.3, 0.4) is 0 Å². The van der Waals surface area contributed by atoms with Crippen molar-refractivity contribution in [2.45, 2.75) is 40.5 Å². The van der Waals surface area contributed by atoms with E-state index in [-0.39, 0.29) is 0 Å². The summed E-state index contributed by atoms with van der Waals surface area (Å²) in [5.74, 6) is 2.46. The fourth-order valence-corrected chi connectivity index (χ4v) is 2.09. The number of hydrogen-bond acceptors (Lipinski definition) is 4. The molecule has 1 saturated carbocycles. The van der Waals surface area contributed by atoms with Gasteiger partial charge in [-0.3, -0.25) is 0 Å². The van der Waals surface area contributed by atoms with Crippen LogP contribution >= 0.6 is 0 Å². The Morgan fingerprint density at radius 2 is 2.11 bits per heavy atom. The summed E-state index contributed by atoms with van der Waals surface area (Å²) in [6.07, 6.45) is 4.27. The molecule has 0 saturated heterocycles. The van der Waals surface area contributed by atoms with Crippen LogP contribution in [-0.2, 0) is 0 Å². The van der Waals surface area contributed by atoms with Crippen molar-refractivity contribution < 1.29 is 0 Å². The Labute approximate surface area is 110 Å². The van der Waals surface area contributed by atoms with E-state index in [2.05, 4.69) is 41.4 Å². The van der Waals surface area contributed by atoms with Gasteiger partial charge in [-0.05, 0) is 31.1 Å². The van der Waals surface area contributed by atoms with Crippen molar-refractivity contribution in [3.05, 3.63) is 11.8 Å². The standard InChI is InChI=1S/C14H24N4/c1-5-6-15-13-17-8-10(2)12(18-13)16-9-11-7-14(11,3)4/h8,11H,5-7,9H2,1-4H3,(H2,15,16,17,18). The maximum absolute atomic E-state index is 4.52. The number of aryl methyl sites for hydroxylation is 1. The van der Waals surface area contributed by atoms with Gasteiger partial charge in [0.2, 0.25) is 5.95 Å². The summed E-state index contributed by atoms with van der Waals surface area (Å²) in [5.41, 5.74) is 1.62. The molecule has 0 amide bonds. The molecule has 100 valence electrons. The summed E-state index contributed by atoms with van der Waals surface area (Å²) in [4.78, 5) is 8.81. The van der Waals surface area contributed by atoms with E-state index in [0.29, 0.717) is 5.41 Å². The van der Waals surface area contributed by atoms with Gasteiger partial charge in [0.05, 0.1) is 0 Å². The number of aromatic nitrogens is 2. The van der Waals surface area contributed by atoms with E-state index in [1.165, 1.54) is 6.42 Å². The molecule has 1 aromatic heterocycles. The average molecular weight is 248 g/mol. The van der Waals surface area contributed by atoms with Crippen molar-refractivity contribution in [3.63, 3.8) is 0 Å². The number of nitrogens with zero attached hydrogens (tertiary/aromatic N) is 2. The lowest BCUT2D eigenvalue weighted by molar-refractivity contribution is 0.572. The van der Waals surface area contributed by atoms with Crippen LogP contribution in [0.1, 0.15) is 39.2 Å². The molecule has 1 fully saturated rings. The normalized spacial score (nSPS) is 20.6. The Bertz CT molecular complexity index is 414. The lowest BCUT2D eigenvalue weighted by Gasteiger charge is -2.11. The van der Waals surface area contributed by atoms with Gasteiger partial charge < -0.3 is 10.6 Å². The molecule has 0 aliphatic heterocycles. The lowest BCUT2D eigenvalue weighted by atomic mass is 10.1. The fraction of sp³-hybridized carbons (Fsp3) is 0.714. The highest BCUT2D eigenvalue weighted by Gasteiger charge is 2.45. The second kappa shape index (κ2) is 5.12. The van der Waals surface area contributed by atoms with Gasteiger partial charge in [-0.25, -0.2) is 4.98 Å². The molecular weight excluding hydrogens is 224 g/mol. The van der Waals surface area contributed by atoms with Gasteiger partial charge in [0.15, 0.2) is 0 Å². The zero-order valence-electron chi connectivity index (χ0n) is 11.9. The monoisotopic (exact) mass is 248 g/mol.